The fourth-order valence-corrected chi connectivity index (χ4v) is 4.49. The number of amides is 1. The van der Waals surface area contributed by atoms with E-state index < -0.39 is 14.6 Å². The van der Waals surface area contributed by atoms with Gasteiger partial charge in [-0.1, -0.05) is 19.3 Å². The lowest BCUT2D eigenvalue weighted by Crippen LogP contribution is -2.50. The number of nitriles is 1. The van der Waals surface area contributed by atoms with Crippen LogP contribution in [0.3, 0.4) is 0 Å². The van der Waals surface area contributed by atoms with Gasteiger partial charge in [-0.2, -0.15) is 5.26 Å². The third-order valence-electron chi connectivity index (χ3n) is 4.05. The van der Waals surface area contributed by atoms with Gasteiger partial charge in [-0.05, 0) is 12.8 Å². The maximum Gasteiger partial charge on any atom is 0.232 e. The first-order valence-corrected chi connectivity index (χ1v) is 8.98. The number of likely N-dealkylation sites (tertiary alicyclic amines) is 1. The summed E-state index contributed by atoms with van der Waals surface area (Å²) < 4.78 is 22.2. The Bertz CT molecular complexity index is 506. The molecule has 2 rings (SSSR count). The number of carbonyl (C=O) groups is 1. The van der Waals surface area contributed by atoms with Crippen molar-refractivity contribution >= 4 is 25.6 Å². The summed E-state index contributed by atoms with van der Waals surface area (Å²) in [6.45, 7) is 0.332. The van der Waals surface area contributed by atoms with Gasteiger partial charge in [-0.25, -0.2) is 8.42 Å². The normalized spacial score (nSPS) is 27.3. The highest BCUT2D eigenvalue weighted by atomic mass is 35.7. The molecule has 1 saturated heterocycles. The Hall–Kier alpha value is -0.800. The molecule has 0 N–H and O–H groups in total. The fourth-order valence-electron chi connectivity index (χ4n) is 3.17. The molecule has 1 unspecified atom stereocenters. The van der Waals surface area contributed by atoms with Gasteiger partial charge in [0.15, 0.2) is 0 Å². The summed E-state index contributed by atoms with van der Waals surface area (Å²) in [5.41, 5.74) is -0.722. The first-order valence-electron chi connectivity index (χ1n) is 6.50. The minimum absolute atomic E-state index is 0.117. The molecule has 2 fully saturated rings. The Kier molecular flexibility index (Phi) is 4.07. The molecular formula is C12H17ClN2O3S. The van der Waals surface area contributed by atoms with Gasteiger partial charge in [0.1, 0.15) is 5.54 Å². The van der Waals surface area contributed by atoms with Crippen molar-refractivity contribution in [3.63, 3.8) is 0 Å². The van der Waals surface area contributed by atoms with E-state index in [0.29, 0.717) is 19.4 Å². The van der Waals surface area contributed by atoms with Crippen LogP contribution in [0.15, 0.2) is 0 Å². The van der Waals surface area contributed by atoms with Crippen molar-refractivity contribution in [2.24, 2.45) is 5.92 Å². The van der Waals surface area contributed by atoms with E-state index in [1.807, 2.05) is 0 Å². The van der Waals surface area contributed by atoms with Gasteiger partial charge in [0, 0.05) is 29.6 Å². The van der Waals surface area contributed by atoms with Gasteiger partial charge in [-0.15, -0.1) is 0 Å². The van der Waals surface area contributed by atoms with Crippen molar-refractivity contribution in [3.8, 4) is 6.07 Å². The molecule has 1 saturated carbocycles. The van der Waals surface area contributed by atoms with E-state index in [1.165, 1.54) is 0 Å². The number of hydrogen-bond acceptors (Lipinski definition) is 4. The van der Waals surface area contributed by atoms with E-state index in [-0.39, 0.29) is 24.0 Å². The summed E-state index contributed by atoms with van der Waals surface area (Å²) in [4.78, 5) is 13.7. The summed E-state index contributed by atoms with van der Waals surface area (Å²) in [6.07, 6.45) is 4.52. The predicted molar refractivity (Wildman–Crippen MR) is 70.9 cm³/mol. The second-order valence-corrected chi connectivity index (χ2v) is 8.31. The molecule has 1 aliphatic heterocycles. The molecule has 1 heterocycles. The molecule has 0 radical (unpaired) electrons. The van der Waals surface area contributed by atoms with Crippen molar-refractivity contribution in [2.75, 3.05) is 12.3 Å². The topological polar surface area (TPSA) is 78.2 Å². The molecule has 0 aromatic heterocycles. The zero-order valence-electron chi connectivity index (χ0n) is 10.6. The first-order chi connectivity index (χ1) is 8.86. The van der Waals surface area contributed by atoms with Crippen molar-refractivity contribution in [1.29, 1.82) is 5.26 Å². The second kappa shape index (κ2) is 5.29. The summed E-state index contributed by atoms with van der Waals surface area (Å²) in [6, 6.07) is 2.30. The van der Waals surface area contributed by atoms with Crippen LogP contribution in [0.2, 0.25) is 0 Å². The lowest BCUT2D eigenvalue weighted by Gasteiger charge is -2.39. The van der Waals surface area contributed by atoms with Gasteiger partial charge in [0.25, 0.3) is 0 Å². The molecule has 5 nitrogen and oxygen atoms in total. The van der Waals surface area contributed by atoms with Crippen molar-refractivity contribution < 1.29 is 13.2 Å². The third kappa shape index (κ3) is 3.21. The number of rotatable bonds is 3. The molecule has 0 aromatic rings. The van der Waals surface area contributed by atoms with Crippen molar-refractivity contribution in [3.05, 3.63) is 0 Å². The van der Waals surface area contributed by atoms with E-state index in [2.05, 4.69) is 6.07 Å². The van der Waals surface area contributed by atoms with Crippen LogP contribution in [0.25, 0.3) is 0 Å². The van der Waals surface area contributed by atoms with Crippen LogP contribution in [0.5, 0.6) is 0 Å². The molecule has 0 spiro atoms. The molecule has 1 amide bonds. The third-order valence-corrected chi connectivity index (χ3v) is 5.29. The zero-order chi connectivity index (χ0) is 14.1. The average Bonchev–Trinajstić information content (AvgIpc) is 2.69. The maximum atomic E-state index is 12.1. The lowest BCUT2D eigenvalue weighted by molar-refractivity contribution is -0.132. The number of halogens is 1. The summed E-state index contributed by atoms with van der Waals surface area (Å²) in [5.74, 6) is -0.603. The molecule has 106 valence electrons. The van der Waals surface area contributed by atoms with E-state index >= 15 is 0 Å². The van der Waals surface area contributed by atoms with Gasteiger partial charge in [0.2, 0.25) is 15.0 Å². The molecule has 2 aliphatic rings. The minimum atomic E-state index is -3.60. The monoisotopic (exact) mass is 304 g/mol. The highest BCUT2D eigenvalue weighted by molar-refractivity contribution is 8.13. The molecule has 0 bridgehead atoms. The minimum Gasteiger partial charge on any atom is -0.324 e. The standard InChI is InChI=1S/C12H17ClN2O3S/c13-19(17,18)8-10-6-11(16)15(7-10)12(9-14)4-2-1-3-5-12/h10H,1-8H2. The van der Waals surface area contributed by atoms with E-state index in [4.69, 9.17) is 10.7 Å². The van der Waals surface area contributed by atoms with Crippen LogP contribution >= 0.6 is 10.7 Å². The summed E-state index contributed by atoms with van der Waals surface area (Å²) >= 11 is 0. The lowest BCUT2D eigenvalue weighted by atomic mass is 9.81. The SMILES string of the molecule is N#CC1(N2CC(CS(=O)(=O)Cl)CC2=O)CCCCC1. The Labute approximate surface area is 117 Å². The number of carbonyl (C=O) groups excluding carboxylic acids is 1. The zero-order valence-corrected chi connectivity index (χ0v) is 12.2. The molecule has 1 atom stereocenters. The largest absolute Gasteiger partial charge is 0.324 e. The predicted octanol–water partition coefficient (Wildman–Crippen LogP) is 1.63. The van der Waals surface area contributed by atoms with Crippen LogP contribution in [0, 0.1) is 17.2 Å². The molecule has 1 aliphatic carbocycles. The summed E-state index contributed by atoms with van der Waals surface area (Å²) in [7, 11) is 1.64. The van der Waals surface area contributed by atoms with Gasteiger partial charge in [-0.3, -0.25) is 4.79 Å². The van der Waals surface area contributed by atoms with Crippen LogP contribution in [-0.2, 0) is 13.8 Å². The van der Waals surface area contributed by atoms with Crippen molar-refractivity contribution in [1.82, 2.24) is 4.90 Å². The van der Waals surface area contributed by atoms with Gasteiger partial charge in [0.05, 0.1) is 11.8 Å². The first kappa shape index (κ1) is 14.6. The number of nitrogens with zero attached hydrogens (tertiary/aromatic N) is 2. The molecule has 7 heteroatoms. The molecular weight excluding hydrogens is 288 g/mol. The number of hydrogen-bond donors (Lipinski definition) is 0. The van der Waals surface area contributed by atoms with Gasteiger partial charge >= 0.3 is 0 Å². The Morgan fingerprint density at radius 2 is 2.00 bits per heavy atom. The van der Waals surface area contributed by atoms with Gasteiger partial charge < -0.3 is 4.90 Å². The highest BCUT2D eigenvalue weighted by Gasteiger charge is 2.46. The van der Waals surface area contributed by atoms with E-state index in [0.717, 1.165) is 19.3 Å². The Balaban J connectivity index is 2.13. The Morgan fingerprint density at radius 3 is 2.53 bits per heavy atom. The van der Waals surface area contributed by atoms with Crippen LogP contribution in [0.4, 0.5) is 0 Å². The fraction of sp³-hybridized carbons (Fsp3) is 0.833. The van der Waals surface area contributed by atoms with E-state index in [9.17, 15) is 18.5 Å². The highest BCUT2D eigenvalue weighted by Crippen LogP contribution is 2.37. The quantitative estimate of drug-likeness (QED) is 0.742. The van der Waals surface area contributed by atoms with Crippen LogP contribution < -0.4 is 0 Å². The molecule has 0 aromatic carbocycles. The van der Waals surface area contributed by atoms with E-state index in [1.54, 1.807) is 4.90 Å². The Morgan fingerprint density at radius 1 is 1.37 bits per heavy atom. The van der Waals surface area contributed by atoms with Crippen LogP contribution in [-0.4, -0.2) is 37.1 Å². The smallest absolute Gasteiger partial charge is 0.232 e. The van der Waals surface area contributed by atoms with Crippen LogP contribution in [0.1, 0.15) is 38.5 Å². The maximum absolute atomic E-state index is 12.1. The van der Waals surface area contributed by atoms with Crippen molar-refractivity contribution in [2.45, 2.75) is 44.1 Å². The molecule has 19 heavy (non-hydrogen) atoms. The second-order valence-electron chi connectivity index (χ2n) is 5.48. The summed E-state index contributed by atoms with van der Waals surface area (Å²) in [5, 5.41) is 9.45. The average molecular weight is 305 g/mol.